The Labute approximate surface area is 170 Å². The number of nitrogens with zero attached hydrogens (tertiary/aromatic N) is 1. The van der Waals surface area contributed by atoms with E-state index in [4.69, 9.17) is 4.74 Å². The van der Waals surface area contributed by atoms with E-state index in [0.29, 0.717) is 31.6 Å². The summed E-state index contributed by atoms with van der Waals surface area (Å²) in [6.07, 6.45) is 3.37. The molecule has 1 N–H and O–H groups in total. The van der Waals surface area contributed by atoms with Gasteiger partial charge in [0.2, 0.25) is 5.91 Å². The first-order valence-corrected chi connectivity index (χ1v) is 9.99. The number of aromatic amines is 1. The van der Waals surface area contributed by atoms with Gasteiger partial charge in [-0.2, -0.15) is 0 Å². The molecule has 148 valence electrons. The highest BCUT2D eigenvalue weighted by atomic mass is 16.5. The number of esters is 1. The normalized spacial score (nSPS) is 13.6. The second-order valence-electron chi connectivity index (χ2n) is 7.20. The summed E-state index contributed by atoms with van der Waals surface area (Å²) < 4.78 is 5.42. The monoisotopic (exact) mass is 388 g/mol. The van der Waals surface area contributed by atoms with Crippen LogP contribution in [0.4, 0.5) is 0 Å². The number of carbonyl (C=O) groups is 2. The van der Waals surface area contributed by atoms with Gasteiger partial charge in [0.05, 0.1) is 24.3 Å². The number of benzene rings is 2. The van der Waals surface area contributed by atoms with E-state index in [1.54, 1.807) is 11.1 Å². The smallest absolute Gasteiger partial charge is 0.341 e. The van der Waals surface area contributed by atoms with E-state index in [2.05, 4.69) is 4.98 Å². The van der Waals surface area contributed by atoms with Crippen LogP contribution in [0.1, 0.15) is 30.2 Å². The average molecular weight is 388 g/mol. The first-order valence-electron chi connectivity index (χ1n) is 9.99. The van der Waals surface area contributed by atoms with Gasteiger partial charge in [0.25, 0.3) is 0 Å². The number of carbonyl (C=O) groups excluding carboxylic acids is 2. The first-order chi connectivity index (χ1) is 14.2. The molecule has 0 saturated heterocycles. The molecule has 0 fully saturated rings. The van der Waals surface area contributed by atoms with Crippen LogP contribution in [0.25, 0.3) is 16.5 Å². The number of ether oxygens (including phenoxy) is 1. The van der Waals surface area contributed by atoms with E-state index < -0.39 is 5.97 Å². The average Bonchev–Trinajstić information content (AvgIpc) is 3.00. The van der Waals surface area contributed by atoms with E-state index in [-0.39, 0.29) is 5.91 Å². The highest BCUT2D eigenvalue weighted by molar-refractivity contribution is 6.18. The molecule has 3 aromatic rings. The SMILES string of the molecule is CCCOC(=O)C1=CN(C(=O)Cc2ccccc2)CCc2c1[nH]c1ccccc21. The molecule has 1 aliphatic heterocycles. The van der Waals surface area contributed by atoms with Gasteiger partial charge in [0.1, 0.15) is 0 Å². The van der Waals surface area contributed by atoms with Crippen molar-refractivity contribution in [2.45, 2.75) is 26.2 Å². The molecule has 0 unspecified atom stereocenters. The molecule has 2 aromatic carbocycles. The summed E-state index contributed by atoms with van der Waals surface area (Å²) in [5.74, 6) is -0.439. The number of fused-ring (bicyclic) bond motifs is 3. The fourth-order valence-corrected chi connectivity index (χ4v) is 3.70. The Morgan fingerprint density at radius 2 is 1.83 bits per heavy atom. The third-order valence-electron chi connectivity index (χ3n) is 5.15. The third kappa shape index (κ3) is 3.94. The summed E-state index contributed by atoms with van der Waals surface area (Å²) in [6.45, 7) is 2.83. The summed E-state index contributed by atoms with van der Waals surface area (Å²) in [7, 11) is 0. The number of H-pyrrole nitrogens is 1. The van der Waals surface area contributed by atoms with Crippen LogP contribution in [-0.2, 0) is 27.2 Å². The molecule has 5 nitrogen and oxygen atoms in total. The van der Waals surface area contributed by atoms with Gasteiger partial charge in [0.15, 0.2) is 0 Å². The van der Waals surface area contributed by atoms with Crippen molar-refractivity contribution in [2.24, 2.45) is 0 Å². The number of hydrogen-bond donors (Lipinski definition) is 1. The summed E-state index contributed by atoms with van der Waals surface area (Å²) in [6, 6.07) is 17.6. The van der Waals surface area contributed by atoms with E-state index in [0.717, 1.165) is 34.1 Å². The fraction of sp³-hybridized carbons (Fsp3) is 0.250. The lowest BCUT2D eigenvalue weighted by atomic mass is 10.0. The molecule has 29 heavy (non-hydrogen) atoms. The van der Waals surface area contributed by atoms with E-state index in [1.807, 2.05) is 61.5 Å². The van der Waals surface area contributed by atoms with Gasteiger partial charge in [-0.05, 0) is 30.0 Å². The zero-order chi connectivity index (χ0) is 20.2. The molecular formula is C24H24N2O3. The van der Waals surface area contributed by atoms with Crippen molar-refractivity contribution in [2.75, 3.05) is 13.2 Å². The molecule has 1 amide bonds. The summed E-state index contributed by atoms with van der Waals surface area (Å²) in [5.41, 5.74) is 4.14. The van der Waals surface area contributed by atoms with Crippen molar-refractivity contribution < 1.29 is 14.3 Å². The third-order valence-corrected chi connectivity index (χ3v) is 5.15. The summed E-state index contributed by atoms with van der Waals surface area (Å²) >= 11 is 0. The number of nitrogens with one attached hydrogen (secondary N) is 1. The van der Waals surface area contributed by atoms with Crippen LogP contribution >= 0.6 is 0 Å². The molecule has 4 rings (SSSR count). The van der Waals surface area contributed by atoms with Crippen LogP contribution in [0.2, 0.25) is 0 Å². The Kier molecular flexibility index (Phi) is 5.47. The minimum Gasteiger partial charge on any atom is -0.462 e. The standard InChI is InChI=1S/C24H24N2O3/c1-2-14-29-24(28)20-16-26(22(27)15-17-8-4-3-5-9-17)13-12-19-18-10-6-7-11-21(18)25-23(19)20/h3-11,16,25H,2,12-15H2,1H3. The Morgan fingerprint density at radius 1 is 1.07 bits per heavy atom. The molecule has 0 atom stereocenters. The summed E-state index contributed by atoms with van der Waals surface area (Å²) in [4.78, 5) is 30.8. The van der Waals surface area contributed by atoms with E-state index >= 15 is 0 Å². The number of rotatable bonds is 5. The molecule has 5 heteroatoms. The maximum Gasteiger partial charge on any atom is 0.341 e. The lowest BCUT2D eigenvalue weighted by Crippen LogP contribution is -2.29. The van der Waals surface area contributed by atoms with Crippen LogP contribution in [-0.4, -0.2) is 34.9 Å². The van der Waals surface area contributed by atoms with Crippen molar-refractivity contribution in [1.82, 2.24) is 9.88 Å². The Balaban J connectivity index is 1.70. The van der Waals surface area contributed by atoms with E-state index in [9.17, 15) is 9.59 Å². The second kappa shape index (κ2) is 8.35. The molecule has 2 heterocycles. The van der Waals surface area contributed by atoms with Crippen LogP contribution in [0, 0.1) is 0 Å². The van der Waals surface area contributed by atoms with Gasteiger partial charge in [-0.15, -0.1) is 0 Å². The Hall–Kier alpha value is -3.34. The summed E-state index contributed by atoms with van der Waals surface area (Å²) in [5, 5.41) is 1.08. The topological polar surface area (TPSA) is 62.4 Å². The molecule has 1 aliphatic rings. The van der Waals surface area contributed by atoms with Crippen LogP contribution in [0.3, 0.4) is 0 Å². The highest BCUT2D eigenvalue weighted by Gasteiger charge is 2.27. The number of aromatic nitrogens is 1. The van der Waals surface area contributed by atoms with Crippen molar-refractivity contribution in [3.63, 3.8) is 0 Å². The van der Waals surface area contributed by atoms with Gasteiger partial charge >= 0.3 is 5.97 Å². The Morgan fingerprint density at radius 3 is 2.62 bits per heavy atom. The Bertz CT molecular complexity index is 1070. The number of hydrogen-bond acceptors (Lipinski definition) is 3. The van der Waals surface area contributed by atoms with Crippen molar-refractivity contribution in [1.29, 1.82) is 0 Å². The zero-order valence-corrected chi connectivity index (χ0v) is 16.5. The molecule has 0 spiro atoms. The predicted octanol–water partition coefficient (Wildman–Crippen LogP) is 4.09. The van der Waals surface area contributed by atoms with Gasteiger partial charge in [-0.1, -0.05) is 55.5 Å². The molecule has 0 aliphatic carbocycles. The largest absolute Gasteiger partial charge is 0.462 e. The highest BCUT2D eigenvalue weighted by Crippen LogP contribution is 2.31. The van der Waals surface area contributed by atoms with Crippen LogP contribution in [0.15, 0.2) is 60.8 Å². The quantitative estimate of drug-likeness (QED) is 0.670. The van der Waals surface area contributed by atoms with E-state index in [1.165, 1.54) is 0 Å². The molecule has 0 radical (unpaired) electrons. The predicted molar refractivity (Wildman–Crippen MR) is 113 cm³/mol. The first kappa shape index (κ1) is 19.0. The van der Waals surface area contributed by atoms with Crippen molar-refractivity contribution >= 4 is 28.4 Å². The van der Waals surface area contributed by atoms with Crippen molar-refractivity contribution in [3.8, 4) is 0 Å². The second-order valence-corrected chi connectivity index (χ2v) is 7.20. The minimum absolute atomic E-state index is 0.0357. The van der Waals surface area contributed by atoms with Crippen LogP contribution < -0.4 is 0 Å². The lowest BCUT2D eigenvalue weighted by Gasteiger charge is -2.18. The minimum atomic E-state index is -0.404. The maximum atomic E-state index is 13.0. The fourth-order valence-electron chi connectivity index (χ4n) is 3.70. The molecular weight excluding hydrogens is 364 g/mol. The van der Waals surface area contributed by atoms with Crippen LogP contribution in [0.5, 0.6) is 0 Å². The van der Waals surface area contributed by atoms with Gasteiger partial charge < -0.3 is 14.6 Å². The number of para-hydroxylation sites is 1. The molecule has 0 saturated carbocycles. The zero-order valence-electron chi connectivity index (χ0n) is 16.5. The maximum absolute atomic E-state index is 13.0. The van der Waals surface area contributed by atoms with Gasteiger partial charge in [-0.25, -0.2) is 4.79 Å². The molecule has 0 bridgehead atoms. The van der Waals surface area contributed by atoms with Gasteiger partial charge in [-0.3, -0.25) is 4.79 Å². The number of amides is 1. The van der Waals surface area contributed by atoms with Crippen molar-refractivity contribution in [3.05, 3.63) is 77.6 Å². The lowest BCUT2D eigenvalue weighted by molar-refractivity contribution is -0.136. The van der Waals surface area contributed by atoms with Gasteiger partial charge in [0, 0.05) is 23.6 Å². The molecule has 1 aromatic heterocycles.